The Morgan fingerprint density at radius 3 is 2.83 bits per heavy atom. The molecule has 1 atom stereocenters. The van der Waals surface area contributed by atoms with E-state index in [0.717, 1.165) is 31.9 Å². The molecule has 0 amide bonds. The molecular weight excluding hydrogens is 224 g/mol. The third-order valence-corrected chi connectivity index (χ3v) is 3.73. The number of anilines is 1. The van der Waals surface area contributed by atoms with Crippen LogP contribution in [0.2, 0.25) is 0 Å². The second kappa shape index (κ2) is 6.18. The zero-order valence-corrected chi connectivity index (χ0v) is 11.4. The quantitative estimate of drug-likeness (QED) is 0.766. The number of likely N-dealkylation sites (N-methyl/N-ethyl adjacent to an activating group) is 2. The molecule has 1 heterocycles. The van der Waals surface area contributed by atoms with Gasteiger partial charge in [-0.3, -0.25) is 4.90 Å². The van der Waals surface area contributed by atoms with Crippen molar-refractivity contribution in [2.24, 2.45) is 0 Å². The number of nitrogens with zero attached hydrogens (tertiary/aromatic N) is 2. The lowest BCUT2D eigenvalue weighted by atomic mass is 10.1. The molecule has 1 aliphatic heterocycles. The average Bonchev–Trinajstić information content (AvgIpc) is 2.36. The molecule has 0 spiro atoms. The first-order chi connectivity index (χ1) is 8.66. The maximum atomic E-state index is 5.93. The number of hydrogen-bond acceptors (Lipinski definition) is 4. The van der Waals surface area contributed by atoms with Crippen LogP contribution in [-0.4, -0.2) is 56.1 Å². The Labute approximate surface area is 110 Å². The lowest BCUT2D eigenvalue weighted by Gasteiger charge is -2.37. The maximum absolute atomic E-state index is 5.93. The minimum absolute atomic E-state index is 0.591. The number of nitrogens with one attached hydrogen (secondary N) is 1. The molecule has 18 heavy (non-hydrogen) atoms. The molecule has 0 bridgehead atoms. The molecule has 1 aliphatic rings. The standard InChI is InChI=1S/C14H24N4/c1-17-7-8-18(2)13(11-17)10-16-9-12-5-3-4-6-14(12)15/h3-6,13,16H,7-11,15H2,1-2H3. The molecule has 3 N–H and O–H groups in total. The van der Waals surface area contributed by atoms with Crippen LogP contribution in [0.1, 0.15) is 5.56 Å². The van der Waals surface area contributed by atoms with Crippen LogP contribution in [0.25, 0.3) is 0 Å². The highest BCUT2D eigenvalue weighted by Crippen LogP contribution is 2.10. The lowest BCUT2D eigenvalue weighted by Crippen LogP contribution is -2.53. The van der Waals surface area contributed by atoms with Gasteiger partial charge in [-0.2, -0.15) is 0 Å². The summed E-state index contributed by atoms with van der Waals surface area (Å²) in [6.45, 7) is 5.30. The van der Waals surface area contributed by atoms with Crippen LogP contribution in [0.4, 0.5) is 5.69 Å². The Morgan fingerprint density at radius 1 is 1.28 bits per heavy atom. The first-order valence-corrected chi connectivity index (χ1v) is 6.59. The molecule has 1 unspecified atom stereocenters. The normalized spacial score (nSPS) is 22.2. The molecule has 0 aliphatic carbocycles. The van der Waals surface area contributed by atoms with Gasteiger partial charge in [-0.1, -0.05) is 18.2 Å². The van der Waals surface area contributed by atoms with Crippen LogP contribution in [0.15, 0.2) is 24.3 Å². The Morgan fingerprint density at radius 2 is 2.06 bits per heavy atom. The summed E-state index contributed by atoms with van der Waals surface area (Å²) < 4.78 is 0. The molecule has 4 heteroatoms. The van der Waals surface area contributed by atoms with Gasteiger partial charge in [0.2, 0.25) is 0 Å². The molecule has 1 fully saturated rings. The summed E-state index contributed by atoms with van der Waals surface area (Å²) in [4.78, 5) is 4.82. The highest BCUT2D eigenvalue weighted by atomic mass is 15.3. The number of benzene rings is 1. The van der Waals surface area contributed by atoms with Gasteiger partial charge < -0.3 is 16.0 Å². The summed E-state index contributed by atoms with van der Waals surface area (Å²) in [5.74, 6) is 0. The molecule has 0 radical (unpaired) electrons. The van der Waals surface area contributed by atoms with Crippen molar-refractivity contribution in [3.05, 3.63) is 29.8 Å². The van der Waals surface area contributed by atoms with Crippen LogP contribution < -0.4 is 11.1 Å². The largest absolute Gasteiger partial charge is 0.398 e. The third-order valence-electron chi connectivity index (χ3n) is 3.73. The van der Waals surface area contributed by atoms with Crippen molar-refractivity contribution in [2.75, 3.05) is 46.0 Å². The van der Waals surface area contributed by atoms with Gasteiger partial charge in [-0.25, -0.2) is 0 Å². The van der Waals surface area contributed by atoms with Gasteiger partial charge in [0.05, 0.1) is 0 Å². The van der Waals surface area contributed by atoms with Crippen LogP contribution in [0, 0.1) is 0 Å². The minimum atomic E-state index is 0.591. The van der Waals surface area contributed by atoms with Crippen molar-refractivity contribution in [1.82, 2.24) is 15.1 Å². The zero-order chi connectivity index (χ0) is 13.0. The summed E-state index contributed by atoms with van der Waals surface area (Å²) in [5.41, 5.74) is 7.99. The average molecular weight is 248 g/mol. The fourth-order valence-corrected chi connectivity index (χ4v) is 2.39. The Bertz CT molecular complexity index is 380. The summed E-state index contributed by atoms with van der Waals surface area (Å²) in [6, 6.07) is 8.64. The summed E-state index contributed by atoms with van der Waals surface area (Å²) in [5, 5.41) is 3.51. The van der Waals surface area contributed by atoms with E-state index in [-0.39, 0.29) is 0 Å². The van der Waals surface area contributed by atoms with Crippen molar-refractivity contribution in [2.45, 2.75) is 12.6 Å². The van der Waals surface area contributed by atoms with Gasteiger partial charge in [-0.15, -0.1) is 0 Å². The predicted molar refractivity (Wildman–Crippen MR) is 76.5 cm³/mol. The van der Waals surface area contributed by atoms with Crippen LogP contribution in [0.3, 0.4) is 0 Å². The van der Waals surface area contributed by atoms with E-state index in [4.69, 9.17) is 5.73 Å². The SMILES string of the molecule is CN1CCN(C)C(CNCc2ccccc2N)C1. The van der Waals surface area contributed by atoms with E-state index in [1.54, 1.807) is 0 Å². The van der Waals surface area contributed by atoms with E-state index in [1.807, 2.05) is 18.2 Å². The summed E-state index contributed by atoms with van der Waals surface area (Å²) in [6.07, 6.45) is 0. The van der Waals surface area contributed by atoms with Gasteiger partial charge in [0.25, 0.3) is 0 Å². The molecule has 100 valence electrons. The molecule has 0 aromatic heterocycles. The van der Waals surface area contributed by atoms with E-state index >= 15 is 0 Å². The highest BCUT2D eigenvalue weighted by molar-refractivity contribution is 5.46. The molecule has 4 nitrogen and oxygen atoms in total. The van der Waals surface area contributed by atoms with Crippen molar-refractivity contribution in [3.8, 4) is 0 Å². The Hall–Kier alpha value is -1.10. The number of nitrogen functional groups attached to an aromatic ring is 1. The van der Waals surface area contributed by atoms with Crippen molar-refractivity contribution >= 4 is 5.69 Å². The number of nitrogens with two attached hydrogens (primary N) is 1. The summed E-state index contributed by atoms with van der Waals surface area (Å²) in [7, 11) is 4.39. The molecule has 2 rings (SSSR count). The zero-order valence-electron chi connectivity index (χ0n) is 11.4. The van der Waals surface area contributed by atoms with E-state index in [1.165, 1.54) is 12.1 Å². The van der Waals surface area contributed by atoms with E-state index in [9.17, 15) is 0 Å². The van der Waals surface area contributed by atoms with Crippen molar-refractivity contribution in [1.29, 1.82) is 0 Å². The van der Waals surface area contributed by atoms with Crippen molar-refractivity contribution < 1.29 is 0 Å². The van der Waals surface area contributed by atoms with Crippen molar-refractivity contribution in [3.63, 3.8) is 0 Å². The maximum Gasteiger partial charge on any atom is 0.0359 e. The highest BCUT2D eigenvalue weighted by Gasteiger charge is 2.21. The van der Waals surface area contributed by atoms with Gasteiger partial charge >= 0.3 is 0 Å². The minimum Gasteiger partial charge on any atom is -0.398 e. The van der Waals surface area contributed by atoms with Gasteiger partial charge in [0.15, 0.2) is 0 Å². The van der Waals surface area contributed by atoms with Gasteiger partial charge in [0, 0.05) is 44.5 Å². The third kappa shape index (κ3) is 3.45. The number of hydrogen-bond donors (Lipinski definition) is 2. The fourth-order valence-electron chi connectivity index (χ4n) is 2.39. The topological polar surface area (TPSA) is 44.5 Å². The fraction of sp³-hybridized carbons (Fsp3) is 0.571. The Kier molecular flexibility index (Phi) is 4.58. The van der Waals surface area contributed by atoms with Crippen LogP contribution in [0.5, 0.6) is 0 Å². The van der Waals surface area contributed by atoms with E-state index in [2.05, 4.69) is 35.3 Å². The van der Waals surface area contributed by atoms with E-state index in [0.29, 0.717) is 6.04 Å². The molecule has 1 aromatic rings. The first-order valence-electron chi connectivity index (χ1n) is 6.59. The Balaban J connectivity index is 1.79. The summed E-state index contributed by atoms with van der Waals surface area (Å²) >= 11 is 0. The van der Waals surface area contributed by atoms with Gasteiger partial charge in [0.1, 0.15) is 0 Å². The van der Waals surface area contributed by atoms with E-state index < -0.39 is 0 Å². The molecule has 1 saturated heterocycles. The van der Waals surface area contributed by atoms with Crippen LogP contribution >= 0.6 is 0 Å². The molecular formula is C14H24N4. The van der Waals surface area contributed by atoms with Gasteiger partial charge in [-0.05, 0) is 25.7 Å². The smallest absolute Gasteiger partial charge is 0.0359 e. The second-order valence-corrected chi connectivity index (χ2v) is 5.23. The number of rotatable bonds is 4. The second-order valence-electron chi connectivity index (χ2n) is 5.23. The lowest BCUT2D eigenvalue weighted by molar-refractivity contribution is 0.113. The first kappa shape index (κ1) is 13.3. The molecule has 1 aromatic carbocycles. The molecule has 0 saturated carbocycles. The monoisotopic (exact) mass is 248 g/mol. The van der Waals surface area contributed by atoms with Crippen LogP contribution in [-0.2, 0) is 6.54 Å². The number of para-hydroxylation sites is 1. The number of piperazine rings is 1. The predicted octanol–water partition coefficient (Wildman–Crippen LogP) is 0.604.